The monoisotopic (exact) mass is 316 g/mol. The molecule has 1 fully saturated rings. The van der Waals surface area contributed by atoms with Gasteiger partial charge in [-0.25, -0.2) is 0 Å². The number of aliphatic hydroxyl groups excluding tert-OH is 1. The van der Waals surface area contributed by atoms with Gasteiger partial charge >= 0.3 is 0 Å². The number of benzene rings is 1. The fraction of sp³-hybridized carbons (Fsp3) is 0.650. The summed E-state index contributed by atoms with van der Waals surface area (Å²) in [5.74, 6) is 0.454. The Hall–Kier alpha value is -1.19. The number of hydrogen-bond donors (Lipinski definition) is 2. The Morgan fingerprint density at radius 2 is 1.87 bits per heavy atom. The molecule has 0 saturated heterocycles. The third-order valence-electron chi connectivity index (χ3n) is 6.42. The summed E-state index contributed by atoms with van der Waals surface area (Å²) in [5.41, 5.74) is 1.48. The van der Waals surface area contributed by atoms with Crippen molar-refractivity contribution in [3.8, 4) is 0 Å². The first-order valence-corrected chi connectivity index (χ1v) is 8.56. The van der Waals surface area contributed by atoms with Crippen LogP contribution >= 0.6 is 0 Å². The normalized spacial score (nSPS) is 33.1. The van der Waals surface area contributed by atoms with E-state index in [0.717, 1.165) is 23.1 Å². The molecule has 0 bridgehead atoms. The van der Waals surface area contributed by atoms with Crippen LogP contribution in [-0.4, -0.2) is 16.0 Å². The van der Waals surface area contributed by atoms with Crippen molar-refractivity contribution in [2.45, 2.75) is 71.0 Å². The molecule has 2 aliphatic carbocycles. The second kappa shape index (κ2) is 4.90. The van der Waals surface area contributed by atoms with E-state index < -0.39 is 17.1 Å². The van der Waals surface area contributed by atoms with E-state index in [1.807, 2.05) is 26.0 Å². The first-order chi connectivity index (χ1) is 10.5. The Bertz CT molecular complexity index is 653. The number of carbonyl (C=O) groups excluding carboxylic acids is 1. The Labute approximate surface area is 138 Å². The molecule has 0 aromatic heterocycles. The van der Waals surface area contributed by atoms with Crippen LogP contribution in [0.25, 0.3) is 0 Å². The molecule has 1 saturated carbocycles. The average Bonchev–Trinajstić information content (AvgIpc) is 2.46. The highest BCUT2D eigenvalue weighted by Gasteiger charge is 2.55. The Kier molecular flexibility index (Phi) is 3.55. The maximum absolute atomic E-state index is 12.4. The summed E-state index contributed by atoms with van der Waals surface area (Å²) in [6.45, 7) is 9.81. The summed E-state index contributed by atoms with van der Waals surface area (Å²) in [4.78, 5) is 12.4. The first kappa shape index (κ1) is 16.7. The smallest absolute Gasteiger partial charge is 0.138 e. The van der Waals surface area contributed by atoms with E-state index in [2.05, 4.69) is 13.0 Å². The van der Waals surface area contributed by atoms with Gasteiger partial charge in [0.15, 0.2) is 0 Å². The van der Waals surface area contributed by atoms with E-state index in [-0.39, 0.29) is 11.3 Å². The highest BCUT2D eigenvalue weighted by atomic mass is 16.3. The van der Waals surface area contributed by atoms with E-state index in [1.165, 1.54) is 0 Å². The van der Waals surface area contributed by atoms with Gasteiger partial charge in [-0.3, -0.25) is 4.79 Å². The molecule has 3 heteroatoms. The van der Waals surface area contributed by atoms with Crippen molar-refractivity contribution in [3.63, 3.8) is 0 Å². The number of aliphatic hydroxyl groups is 2. The number of rotatable bonds is 1. The minimum absolute atomic E-state index is 0.0932. The van der Waals surface area contributed by atoms with Crippen molar-refractivity contribution in [2.75, 3.05) is 0 Å². The highest BCUT2D eigenvalue weighted by molar-refractivity contribution is 5.86. The molecule has 23 heavy (non-hydrogen) atoms. The number of Topliss-reactive ketones (excluding diaryl/α,β-unsaturated/α-hetero) is 1. The summed E-state index contributed by atoms with van der Waals surface area (Å²) >= 11 is 0. The Balaban J connectivity index is 2.15. The van der Waals surface area contributed by atoms with Crippen LogP contribution in [0.4, 0.5) is 0 Å². The van der Waals surface area contributed by atoms with Crippen LogP contribution in [0.3, 0.4) is 0 Å². The topological polar surface area (TPSA) is 57.5 Å². The van der Waals surface area contributed by atoms with Crippen molar-refractivity contribution in [2.24, 2.45) is 11.3 Å². The molecule has 3 nitrogen and oxygen atoms in total. The minimum Gasteiger partial charge on any atom is -0.388 e. The zero-order chi connectivity index (χ0) is 17.2. The summed E-state index contributed by atoms with van der Waals surface area (Å²) in [6, 6.07) is 5.97. The maximum Gasteiger partial charge on any atom is 0.138 e. The molecule has 0 heterocycles. The largest absolute Gasteiger partial charge is 0.388 e. The summed E-state index contributed by atoms with van der Waals surface area (Å²) in [6.07, 6.45) is 1.47. The SMILES string of the molecule is CC(C)(O)c1ccc2c(c1)[C@H](O)C[C@@H]1C(C)(C)C(=O)CC[C@@]21C. The van der Waals surface area contributed by atoms with E-state index in [4.69, 9.17) is 0 Å². The third kappa shape index (κ3) is 2.36. The molecule has 2 N–H and O–H groups in total. The summed E-state index contributed by atoms with van der Waals surface area (Å²) in [7, 11) is 0. The first-order valence-electron chi connectivity index (χ1n) is 8.56. The van der Waals surface area contributed by atoms with Crippen LogP contribution in [0.1, 0.15) is 76.7 Å². The van der Waals surface area contributed by atoms with Gasteiger partial charge in [0.2, 0.25) is 0 Å². The van der Waals surface area contributed by atoms with Crippen molar-refractivity contribution in [3.05, 3.63) is 34.9 Å². The van der Waals surface area contributed by atoms with E-state index in [9.17, 15) is 15.0 Å². The van der Waals surface area contributed by atoms with Gasteiger partial charge in [-0.2, -0.15) is 0 Å². The molecular formula is C20H28O3. The molecule has 1 aromatic rings. The predicted molar refractivity (Wildman–Crippen MR) is 90.1 cm³/mol. The van der Waals surface area contributed by atoms with Crippen LogP contribution in [0.2, 0.25) is 0 Å². The molecular weight excluding hydrogens is 288 g/mol. The van der Waals surface area contributed by atoms with Crippen LogP contribution in [0.5, 0.6) is 0 Å². The highest BCUT2D eigenvalue weighted by Crippen LogP contribution is 2.58. The standard InChI is InChI=1S/C20H28O3/c1-18(2)16-11-15(21)13-10-12(19(3,4)23)6-7-14(13)20(16,5)9-8-17(18)22/h6-7,10,15-16,21,23H,8-9,11H2,1-5H3/t15-,16-,20+/m1/s1. The van der Waals surface area contributed by atoms with Crippen molar-refractivity contribution in [1.82, 2.24) is 0 Å². The number of hydrogen-bond acceptors (Lipinski definition) is 3. The zero-order valence-corrected chi connectivity index (χ0v) is 14.8. The van der Waals surface area contributed by atoms with Gasteiger partial charge in [-0.1, -0.05) is 39.0 Å². The fourth-order valence-electron chi connectivity index (χ4n) is 4.83. The quantitative estimate of drug-likeness (QED) is 0.832. The van der Waals surface area contributed by atoms with Crippen molar-refractivity contribution < 1.29 is 15.0 Å². The number of carbonyl (C=O) groups is 1. The summed E-state index contributed by atoms with van der Waals surface area (Å²) < 4.78 is 0. The van der Waals surface area contributed by atoms with Gasteiger partial charge in [0.1, 0.15) is 5.78 Å². The van der Waals surface area contributed by atoms with E-state index >= 15 is 0 Å². The number of fused-ring (bicyclic) bond motifs is 3. The van der Waals surface area contributed by atoms with Crippen LogP contribution in [0.15, 0.2) is 18.2 Å². The molecule has 0 radical (unpaired) electrons. The lowest BCUT2D eigenvalue weighted by molar-refractivity contribution is -0.138. The lowest BCUT2D eigenvalue weighted by atomic mass is 9.49. The average molecular weight is 316 g/mol. The molecule has 0 amide bonds. The Morgan fingerprint density at radius 3 is 2.48 bits per heavy atom. The van der Waals surface area contributed by atoms with Gasteiger partial charge in [0.05, 0.1) is 11.7 Å². The van der Waals surface area contributed by atoms with Gasteiger partial charge in [0.25, 0.3) is 0 Å². The molecule has 0 unspecified atom stereocenters. The molecule has 3 rings (SSSR count). The van der Waals surface area contributed by atoms with E-state index in [1.54, 1.807) is 13.8 Å². The third-order valence-corrected chi connectivity index (χ3v) is 6.42. The van der Waals surface area contributed by atoms with Crippen molar-refractivity contribution >= 4 is 5.78 Å². The molecule has 3 atom stereocenters. The lowest BCUT2D eigenvalue weighted by Gasteiger charge is -2.54. The minimum atomic E-state index is -0.922. The van der Waals surface area contributed by atoms with Gasteiger partial charge in [-0.15, -0.1) is 0 Å². The molecule has 0 aliphatic heterocycles. The zero-order valence-electron chi connectivity index (χ0n) is 14.8. The predicted octanol–water partition coefficient (Wildman–Crippen LogP) is 3.61. The van der Waals surface area contributed by atoms with E-state index in [0.29, 0.717) is 18.6 Å². The maximum atomic E-state index is 12.4. The second-order valence-electron chi connectivity index (χ2n) is 8.73. The second-order valence-corrected chi connectivity index (χ2v) is 8.73. The van der Waals surface area contributed by atoms with Gasteiger partial charge in [0, 0.05) is 11.8 Å². The Morgan fingerprint density at radius 1 is 1.22 bits per heavy atom. The number of ketones is 1. The van der Waals surface area contributed by atoms with Crippen LogP contribution in [-0.2, 0) is 15.8 Å². The van der Waals surface area contributed by atoms with Crippen molar-refractivity contribution in [1.29, 1.82) is 0 Å². The molecule has 126 valence electrons. The molecule has 2 aliphatic rings. The fourth-order valence-corrected chi connectivity index (χ4v) is 4.83. The molecule has 1 aromatic carbocycles. The van der Waals surface area contributed by atoms with Gasteiger partial charge in [-0.05, 0) is 54.7 Å². The lowest BCUT2D eigenvalue weighted by Crippen LogP contribution is -2.52. The summed E-state index contributed by atoms with van der Waals surface area (Å²) in [5, 5.41) is 21.0. The van der Waals surface area contributed by atoms with Crippen LogP contribution < -0.4 is 0 Å². The van der Waals surface area contributed by atoms with Gasteiger partial charge < -0.3 is 10.2 Å². The molecule has 0 spiro atoms. The van der Waals surface area contributed by atoms with Crippen LogP contribution in [0, 0.1) is 11.3 Å².